The van der Waals surface area contributed by atoms with Crippen molar-refractivity contribution in [2.24, 2.45) is 5.41 Å². The molecule has 0 radical (unpaired) electrons. The maximum absolute atomic E-state index is 12.0. The SMILES string of the molecule is CCS(=O)[C@@H](C)[C@@H](N(O)C(C)(C)C)C(C)(C)C. The van der Waals surface area contributed by atoms with Gasteiger partial charge in [-0.1, -0.05) is 27.7 Å². The predicted molar refractivity (Wildman–Crippen MR) is 74.8 cm³/mol. The fourth-order valence-corrected chi connectivity index (χ4v) is 3.43. The van der Waals surface area contributed by atoms with Gasteiger partial charge in [-0.25, -0.2) is 0 Å². The van der Waals surface area contributed by atoms with Gasteiger partial charge >= 0.3 is 0 Å². The van der Waals surface area contributed by atoms with Crippen molar-refractivity contribution >= 4 is 10.8 Å². The van der Waals surface area contributed by atoms with Crippen molar-refractivity contribution in [2.45, 2.75) is 72.2 Å². The average molecular weight is 263 g/mol. The van der Waals surface area contributed by atoms with Crippen molar-refractivity contribution in [3.8, 4) is 0 Å². The summed E-state index contributed by atoms with van der Waals surface area (Å²) >= 11 is 0. The maximum Gasteiger partial charge on any atom is 0.0545 e. The van der Waals surface area contributed by atoms with E-state index in [0.717, 1.165) is 0 Å². The molecule has 0 amide bonds. The molecular weight excluding hydrogens is 234 g/mol. The Kier molecular flexibility index (Phi) is 5.83. The molecule has 3 atom stereocenters. The molecule has 0 rings (SSSR count). The van der Waals surface area contributed by atoms with Crippen LogP contribution < -0.4 is 0 Å². The summed E-state index contributed by atoms with van der Waals surface area (Å²) in [6.07, 6.45) is 0. The fraction of sp³-hybridized carbons (Fsp3) is 1.00. The Hall–Kier alpha value is 0.0700. The van der Waals surface area contributed by atoms with E-state index in [9.17, 15) is 9.42 Å². The molecule has 3 nitrogen and oxygen atoms in total. The van der Waals surface area contributed by atoms with Gasteiger partial charge in [0, 0.05) is 22.1 Å². The van der Waals surface area contributed by atoms with Crippen LogP contribution in [-0.4, -0.2) is 37.1 Å². The van der Waals surface area contributed by atoms with Gasteiger partial charge in [0.2, 0.25) is 0 Å². The molecule has 0 bridgehead atoms. The lowest BCUT2D eigenvalue weighted by molar-refractivity contribution is -0.208. The summed E-state index contributed by atoms with van der Waals surface area (Å²) in [5.41, 5.74) is -0.462. The number of rotatable bonds is 4. The first-order chi connectivity index (χ1) is 7.42. The Labute approximate surface area is 109 Å². The zero-order chi connectivity index (χ0) is 14.0. The Morgan fingerprint density at radius 1 is 1.18 bits per heavy atom. The first kappa shape index (κ1) is 17.1. The highest BCUT2D eigenvalue weighted by atomic mass is 32.2. The lowest BCUT2D eigenvalue weighted by Crippen LogP contribution is -2.57. The van der Waals surface area contributed by atoms with E-state index in [1.807, 2.05) is 34.6 Å². The topological polar surface area (TPSA) is 40.5 Å². The molecule has 1 unspecified atom stereocenters. The van der Waals surface area contributed by atoms with E-state index in [-0.39, 0.29) is 22.2 Å². The number of hydrogen-bond acceptors (Lipinski definition) is 3. The molecule has 104 valence electrons. The predicted octanol–water partition coefficient (Wildman–Crippen LogP) is 3.05. The van der Waals surface area contributed by atoms with Crippen LogP contribution in [0.3, 0.4) is 0 Å². The lowest BCUT2D eigenvalue weighted by atomic mass is 9.83. The van der Waals surface area contributed by atoms with Crippen LogP contribution in [0.25, 0.3) is 0 Å². The van der Waals surface area contributed by atoms with Gasteiger partial charge in [0.05, 0.1) is 11.3 Å². The zero-order valence-corrected chi connectivity index (χ0v) is 13.4. The Balaban J connectivity index is 5.24. The van der Waals surface area contributed by atoms with E-state index in [4.69, 9.17) is 0 Å². The number of hydrogen-bond donors (Lipinski definition) is 1. The number of nitrogens with zero attached hydrogens (tertiary/aromatic N) is 1. The van der Waals surface area contributed by atoms with Crippen molar-refractivity contribution in [3.63, 3.8) is 0 Å². The molecular formula is C13H29NO2S. The largest absolute Gasteiger partial charge is 0.313 e. The standard InChI is InChI=1S/C13H29NO2S/c1-9-17(16)10(2)11(12(3,4)5)14(15)13(6,7)8/h10-11,15H,9H2,1-8H3/t10-,11+,17?/m0/s1. The van der Waals surface area contributed by atoms with Crippen LogP contribution in [0.15, 0.2) is 0 Å². The Bertz CT molecular complexity index is 266. The molecule has 0 fully saturated rings. The van der Waals surface area contributed by atoms with E-state index >= 15 is 0 Å². The van der Waals surface area contributed by atoms with Gasteiger partial charge in [-0.05, 0) is 33.1 Å². The number of hydroxylamine groups is 2. The third-order valence-electron chi connectivity index (χ3n) is 2.98. The average Bonchev–Trinajstić information content (AvgIpc) is 2.12. The smallest absolute Gasteiger partial charge is 0.0545 e. The first-order valence-electron chi connectivity index (χ1n) is 6.28. The molecule has 4 heteroatoms. The summed E-state index contributed by atoms with van der Waals surface area (Å²) in [6.45, 7) is 16.0. The molecule has 0 saturated heterocycles. The highest BCUT2D eigenvalue weighted by Crippen LogP contribution is 2.32. The highest BCUT2D eigenvalue weighted by molar-refractivity contribution is 7.85. The van der Waals surface area contributed by atoms with Crippen LogP contribution in [0.1, 0.15) is 55.4 Å². The minimum absolute atomic E-state index is 0.0516. The van der Waals surface area contributed by atoms with Crippen molar-refractivity contribution in [2.75, 3.05) is 5.75 Å². The molecule has 0 aliphatic heterocycles. The fourth-order valence-electron chi connectivity index (χ4n) is 2.09. The molecule has 0 aromatic rings. The van der Waals surface area contributed by atoms with Crippen LogP contribution in [0.2, 0.25) is 0 Å². The summed E-state index contributed by atoms with van der Waals surface area (Å²) in [5, 5.41) is 11.7. The first-order valence-corrected chi connectivity index (χ1v) is 7.66. The van der Waals surface area contributed by atoms with E-state index in [2.05, 4.69) is 20.8 Å². The summed E-state index contributed by atoms with van der Waals surface area (Å²) < 4.78 is 12.0. The molecule has 17 heavy (non-hydrogen) atoms. The van der Waals surface area contributed by atoms with Crippen molar-refractivity contribution in [1.29, 1.82) is 0 Å². The van der Waals surface area contributed by atoms with Crippen molar-refractivity contribution in [1.82, 2.24) is 5.06 Å². The van der Waals surface area contributed by atoms with Gasteiger partial charge in [0.25, 0.3) is 0 Å². The molecule has 0 spiro atoms. The van der Waals surface area contributed by atoms with E-state index in [1.165, 1.54) is 5.06 Å². The van der Waals surface area contributed by atoms with E-state index in [1.54, 1.807) is 0 Å². The third kappa shape index (κ3) is 4.68. The molecule has 0 saturated carbocycles. The molecule has 0 aromatic carbocycles. The highest BCUT2D eigenvalue weighted by Gasteiger charge is 2.40. The van der Waals surface area contributed by atoms with Crippen LogP contribution >= 0.6 is 0 Å². The van der Waals surface area contributed by atoms with E-state index in [0.29, 0.717) is 5.75 Å². The summed E-state index contributed by atoms with van der Waals surface area (Å²) in [6, 6.07) is -0.122. The minimum Gasteiger partial charge on any atom is -0.313 e. The molecule has 0 aliphatic carbocycles. The van der Waals surface area contributed by atoms with Crippen LogP contribution in [0, 0.1) is 5.41 Å². The molecule has 0 aromatic heterocycles. The second-order valence-corrected chi connectivity index (χ2v) is 8.78. The van der Waals surface area contributed by atoms with Gasteiger partial charge < -0.3 is 5.21 Å². The lowest BCUT2D eigenvalue weighted by Gasteiger charge is -2.45. The minimum atomic E-state index is -0.905. The van der Waals surface area contributed by atoms with Crippen LogP contribution in [0.4, 0.5) is 0 Å². The van der Waals surface area contributed by atoms with Crippen LogP contribution in [-0.2, 0) is 10.8 Å². The van der Waals surface area contributed by atoms with Gasteiger partial charge in [0.1, 0.15) is 0 Å². The second-order valence-electron chi connectivity index (χ2n) is 6.70. The van der Waals surface area contributed by atoms with Gasteiger partial charge in [-0.15, -0.1) is 0 Å². The molecule has 1 N–H and O–H groups in total. The Morgan fingerprint density at radius 3 is 1.82 bits per heavy atom. The molecule has 0 aliphatic rings. The van der Waals surface area contributed by atoms with Crippen molar-refractivity contribution < 1.29 is 9.42 Å². The second kappa shape index (κ2) is 5.81. The van der Waals surface area contributed by atoms with Gasteiger partial charge in [-0.2, -0.15) is 5.06 Å². The van der Waals surface area contributed by atoms with Crippen molar-refractivity contribution in [3.05, 3.63) is 0 Å². The maximum atomic E-state index is 12.0. The normalized spacial score (nSPS) is 19.2. The summed E-state index contributed by atoms with van der Waals surface area (Å²) in [5.74, 6) is 0.631. The van der Waals surface area contributed by atoms with Crippen LogP contribution in [0.5, 0.6) is 0 Å². The van der Waals surface area contributed by atoms with Gasteiger partial charge in [-0.3, -0.25) is 4.21 Å². The molecule has 0 heterocycles. The monoisotopic (exact) mass is 263 g/mol. The van der Waals surface area contributed by atoms with E-state index < -0.39 is 10.8 Å². The van der Waals surface area contributed by atoms with Gasteiger partial charge in [0.15, 0.2) is 0 Å². The quantitative estimate of drug-likeness (QED) is 0.793. The summed E-state index contributed by atoms with van der Waals surface area (Å²) in [7, 11) is -0.905. The zero-order valence-electron chi connectivity index (χ0n) is 12.6. The Morgan fingerprint density at radius 2 is 1.59 bits per heavy atom. The third-order valence-corrected chi connectivity index (χ3v) is 4.64. The summed E-state index contributed by atoms with van der Waals surface area (Å²) in [4.78, 5) is 0.